The molecular formula is C13H20N4. The van der Waals surface area contributed by atoms with Gasteiger partial charge in [-0.25, -0.2) is 0 Å². The van der Waals surface area contributed by atoms with Gasteiger partial charge in [-0.3, -0.25) is 9.58 Å². The number of aryl methyl sites for hydroxylation is 1. The predicted molar refractivity (Wildman–Crippen MR) is 66.2 cm³/mol. The highest BCUT2D eigenvalue weighted by Crippen LogP contribution is 2.24. The van der Waals surface area contributed by atoms with Crippen molar-refractivity contribution in [1.29, 1.82) is 5.26 Å². The van der Waals surface area contributed by atoms with Crippen LogP contribution < -0.4 is 0 Å². The van der Waals surface area contributed by atoms with E-state index < -0.39 is 0 Å². The van der Waals surface area contributed by atoms with Crippen molar-refractivity contribution in [1.82, 2.24) is 14.7 Å². The molecule has 92 valence electrons. The van der Waals surface area contributed by atoms with Crippen LogP contribution in [0.1, 0.15) is 38.2 Å². The lowest BCUT2D eigenvalue weighted by Crippen LogP contribution is -2.32. The Morgan fingerprint density at radius 2 is 2.29 bits per heavy atom. The molecule has 1 aromatic rings. The van der Waals surface area contributed by atoms with Crippen molar-refractivity contribution in [2.24, 2.45) is 0 Å². The maximum Gasteiger partial charge on any atom is 0.0871 e. The molecule has 0 N–H and O–H groups in total. The van der Waals surface area contributed by atoms with E-state index in [2.05, 4.69) is 29.2 Å². The fourth-order valence-corrected chi connectivity index (χ4v) is 2.57. The van der Waals surface area contributed by atoms with Crippen molar-refractivity contribution in [2.45, 2.75) is 51.7 Å². The number of hydrogen-bond acceptors (Lipinski definition) is 3. The maximum absolute atomic E-state index is 8.91. The molecule has 0 bridgehead atoms. The summed E-state index contributed by atoms with van der Waals surface area (Å²) in [6.45, 7) is 4.38. The second-order valence-electron chi connectivity index (χ2n) is 4.71. The molecule has 0 saturated heterocycles. The molecule has 1 saturated carbocycles. The zero-order valence-electron chi connectivity index (χ0n) is 10.5. The van der Waals surface area contributed by atoms with Crippen LogP contribution in [0.5, 0.6) is 0 Å². The van der Waals surface area contributed by atoms with Gasteiger partial charge in [-0.2, -0.15) is 10.4 Å². The van der Waals surface area contributed by atoms with Crippen molar-refractivity contribution in [3.05, 3.63) is 18.0 Å². The molecule has 1 fully saturated rings. The van der Waals surface area contributed by atoms with Gasteiger partial charge < -0.3 is 0 Å². The van der Waals surface area contributed by atoms with Gasteiger partial charge in [0.2, 0.25) is 0 Å². The Bertz CT molecular complexity index is 384. The van der Waals surface area contributed by atoms with Gasteiger partial charge in [0.25, 0.3) is 0 Å². The zero-order chi connectivity index (χ0) is 12.1. The van der Waals surface area contributed by atoms with Gasteiger partial charge in [0.15, 0.2) is 0 Å². The first-order valence-corrected chi connectivity index (χ1v) is 6.45. The summed E-state index contributed by atoms with van der Waals surface area (Å²) in [5.41, 5.74) is 1.22. The van der Waals surface area contributed by atoms with Crippen LogP contribution in [0.3, 0.4) is 0 Å². The van der Waals surface area contributed by atoms with Gasteiger partial charge in [-0.1, -0.05) is 12.8 Å². The molecule has 2 rings (SSSR count). The Labute approximate surface area is 103 Å². The molecule has 0 atom stereocenters. The SMILES string of the molecule is CCn1cc(CN(CC#N)C2CCCC2)cn1. The van der Waals surface area contributed by atoms with E-state index in [1.165, 1.54) is 31.2 Å². The second kappa shape index (κ2) is 5.83. The van der Waals surface area contributed by atoms with Gasteiger partial charge in [0.05, 0.1) is 18.8 Å². The Balaban J connectivity index is 1.99. The van der Waals surface area contributed by atoms with Crippen LogP contribution in [0.2, 0.25) is 0 Å². The summed E-state index contributed by atoms with van der Waals surface area (Å²) in [7, 11) is 0. The Morgan fingerprint density at radius 3 is 2.88 bits per heavy atom. The molecule has 17 heavy (non-hydrogen) atoms. The average Bonchev–Trinajstić information content (AvgIpc) is 2.99. The van der Waals surface area contributed by atoms with Crippen LogP contribution in [-0.4, -0.2) is 27.3 Å². The molecule has 1 aliphatic carbocycles. The van der Waals surface area contributed by atoms with Gasteiger partial charge in [-0.15, -0.1) is 0 Å². The highest BCUT2D eigenvalue weighted by molar-refractivity contribution is 5.05. The Hall–Kier alpha value is -1.34. The summed E-state index contributed by atoms with van der Waals surface area (Å²) in [6, 6.07) is 2.88. The molecule has 0 aliphatic heterocycles. The summed E-state index contributed by atoms with van der Waals surface area (Å²) < 4.78 is 1.94. The fraction of sp³-hybridized carbons (Fsp3) is 0.692. The van der Waals surface area contributed by atoms with E-state index in [4.69, 9.17) is 5.26 Å². The number of rotatable bonds is 5. The lowest BCUT2D eigenvalue weighted by molar-refractivity contribution is 0.214. The molecule has 4 heteroatoms. The molecule has 0 amide bonds. The minimum atomic E-state index is 0.530. The smallest absolute Gasteiger partial charge is 0.0871 e. The first-order chi connectivity index (χ1) is 8.33. The number of hydrogen-bond donors (Lipinski definition) is 0. The van der Waals surface area contributed by atoms with Crippen LogP contribution in [0, 0.1) is 11.3 Å². The minimum absolute atomic E-state index is 0.530. The Morgan fingerprint density at radius 1 is 1.53 bits per heavy atom. The van der Waals surface area contributed by atoms with Crippen molar-refractivity contribution in [2.75, 3.05) is 6.54 Å². The standard InChI is InChI=1S/C13H20N4/c1-2-17-11-12(9-15-17)10-16(8-7-14)13-5-3-4-6-13/h9,11,13H,2-6,8,10H2,1H3. The van der Waals surface area contributed by atoms with E-state index in [0.29, 0.717) is 12.6 Å². The van der Waals surface area contributed by atoms with Crippen molar-refractivity contribution < 1.29 is 0 Å². The molecule has 0 aromatic carbocycles. The van der Waals surface area contributed by atoms with Crippen molar-refractivity contribution >= 4 is 0 Å². The van der Waals surface area contributed by atoms with Gasteiger partial charge >= 0.3 is 0 Å². The van der Waals surface area contributed by atoms with Crippen LogP contribution in [0.15, 0.2) is 12.4 Å². The third-order valence-corrected chi connectivity index (χ3v) is 3.51. The first-order valence-electron chi connectivity index (χ1n) is 6.45. The lowest BCUT2D eigenvalue weighted by Gasteiger charge is -2.25. The normalized spacial score (nSPS) is 16.5. The summed E-state index contributed by atoms with van der Waals surface area (Å²) >= 11 is 0. The van der Waals surface area contributed by atoms with Gasteiger partial charge in [0.1, 0.15) is 0 Å². The third kappa shape index (κ3) is 3.07. The third-order valence-electron chi connectivity index (χ3n) is 3.51. The maximum atomic E-state index is 8.91. The molecule has 0 spiro atoms. The Kier molecular flexibility index (Phi) is 4.16. The van der Waals surface area contributed by atoms with E-state index in [1.807, 2.05) is 10.9 Å². The average molecular weight is 232 g/mol. The number of nitriles is 1. The molecule has 1 aromatic heterocycles. The summed E-state index contributed by atoms with van der Waals surface area (Å²) in [5, 5.41) is 13.2. The monoisotopic (exact) mass is 232 g/mol. The van der Waals surface area contributed by atoms with Gasteiger partial charge in [-0.05, 0) is 19.8 Å². The molecular weight excluding hydrogens is 212 g/mol. The van der Waals surface area contributed by atoms with E-state index >= 15 is 0 Å². The van der Waals surface area contributed by atoms with Gasteiger partial charge in [0, 0.05) is 30.9 Å². The molecule has 4 nitrogen and oxygen atoms in total. The van der Waals surface area contributed by atoms with Crippen molar-refractivity contribution in [3.8, 4) is 6.07 Å². The highest BCUT2D eigenvalue weighted by Gasteiger charge is 2.22. The van der Waals surface area contributed by atoms with Crippen LogP contribution in [0.4, 0.5) is 0 Å². The minimum Gasteiger partial charge on any atom is -0.283 e. The predicted octanol–water partition coefficient (Wildman–Crippen LogP) is 2.17. The first kappa shape index (κ1) is 12.1. The quantitative estimate of drug-likeness (QED) is 0.731. The highest BCUT2D eigenvalue weighted by atomic mass is 15.3. The number of nitrogens with zero attached hydrogens (tertiary/aromatic N) is 4. The summed E-state index contributed by atoms with van der Waals surface area (Å²) in [5.74, 6) is 0. The largest absolute Gasteiger partial charge is 0.283 e. The van der Waals surface area contributed by atoms with E-state index in [9.17, 15) is 0 Å². The van der Waals surface area contributed by atoms with Crippen LogP contribution >= 0.6 is 0 Å². The molecule has 1 aliphatic rings. The molecule has 0 unspecified atom stereocenters. The van der Waals surface area contributed by atoms with E-state index in [-0.39, 0.29) is 0 Å². The van der Waals surface area contributed by atoms with E-state index in [1.54, 1.807) is 0 Å². The van der Waals surface area contributed by atoms with E-state index in [0.717, 1.165) is 13.1 Å². The molecule has 0 radical (unpaired) electrons. The summed E-state index contributed by atoms with van der Waals surface area (Å²) in [4.78, 5) is 2.30. The topological polar surface area (TPSA) is 44.9 Å². The fourth-order valence-electron chi connectivity index (χ4n) is 2.57. The van der Waals surface area contributed by atoms with Crippen LogP contribution in [0.25, 0.3) is 0 Å². The second-order valence-corrected chi connectivity index (χ2v) is 4.71. The zero-order valence-corrected chi connectivity index (χ0v) is 10.5. The summed E-state index contributed by atoms with van der Waals surface area (Å²) in [6.07, 6.45) is 9.09. The van der Waals surface area contributed by atoms with Crippen LogP contribution in [-0.2, 0) is 13.1 Å². The number of aromatic nitrogens is 2. The lowest BCUT2D eigenvalue weighted by atomic mass is 10.2. The molecule has 1 heterocycles. The van der Waals surface area contributed by atoms with Crippen molar-refractivity contribution in [3.63, 3.8) is 0 Å².